The van der Waals surface area contributed by atoms with Crippen LogP contribution in [0.4, 0.5) is 18.9 Å². The summed E-state index contributed by atoms with van der Waals surface area (Å²) in [5, 5.41) is 19.0. The molecule has 1 rings (SSSR count). The molecule has 0 aliphatic heterocycles. The van der Waals surface area contributed by atoms with Crippen molar-refractivity contribution in [2.45, 2.75) is 12.8 Å². The SMILES string of the molecule is N#CCc1cc([N+](=O)[O-])c(I)nc1OC(F)(F)F. The fourth-order valence-corrected chi connectivity index (χ4v) is 1.61. The van der Waals surface area contributed by atoms with Gasteiger partial charge < -0.3 is 4.74 Å². The van der Waals surface area contributed by atoms with E-state index in [2.05, 4.69) is 9.72 Å². The molecule has 1 heterocycles. The van der Waals surface area contributed by atoms with E-state index in [9.17, 15) is 23.3 Å². The number of nitriles is 1. The lowest BCUT2D eigenvalue weighted by Gasteiger charge is -2.11. The third kappa shape index (κ3) is 3.69. The van der Waals surface area contributed by atoms with Crippen LogP contribution < -0.4 is 4.74 Å². The Kier molecular flexibility index (Phi) is 4.28. The van der Waals surface area contributed by atoms with Crippen LogP contribution in [0.25, 0.3) is 0 Å². The quantitative estimate of drug-likeness (QED) is 0.352. The monoisotopic (exact) mass is 373 g/mol. The Labute approximate surface area is 112 Å². The summed E-state index contributed by atoms with van der Waals surface area (Å²) in [5.74, 6) is -0.848. The molecule has 0 amide bonds. The van der Waals surface area contributed by atoms with Crippen LogP contribution in [0.5, 0.6) is 5.88 Å². The van der Waals surface area contributed by atoms with Gasteiger partial charge >= 0.3 is 12.0 Å². The molecule has 0 atom stereocenters. The number of aromatic nitrogens is 1. The van der Waals surface area contributed by atoms with E-state index in [1.54, 1.807) is 6.07 Å². The Morgan fingerprint density at radius 3 is 2.67 bits per heavy atom. The van der Waals surface area contributed by atoms with E-state index in [0.717, 1.165) is 6.07 Å². The summed E-state index contributed by atoms with van der Waals surface area (Å²) in [4.78, 5) is 13.1. The predicted octanol–water partition coefficient (Wildman–Crippen LogP) is 2.56. The highest BCUT2D eigenvalue weighted by Gasteiger charge is 2.34. The Morgan fingerprint density at radius 1 is 1.61 bits per heavy atom. The van der Waals surface area contributed by atoms with E-state index in [1.165, 1.54) is 22.6 Å². The van der Waals surface area contributed by atoms with Gasteiger partial charge in [-0.3, -0.25) is 10.1 Å². The van der Waals surface area contributed by atoms with Gasteiger partial charge in [0.1, 0.15) is 0 Å². The first-order valence-corrected chi connectivity index (χ1v) is 5.29. The van der Waals surface area contributed by atoms with Crippen molar-refractivity contribution in [3.05, 3.63) is 25.4 Å². The number of hydrogen-bond acceptors (Lipinski definition) is 5. The lowest BCUT2D eigenvalue weighted by atomic mass is 10.2. The molecule has 0 unspecified atom stereocenters. The number of rotatable bonds is 3. The van der Waals surface area contributed by atoms with Crippen molar-refractivity contribution >= 4 is 28.3 Å². The van der Waals surface area contributed by atoms with Gasteiger partial charge in [0.05, 0.1) is 17.4 Å². The summed E-state index contributed by atoms with van der Waals surface area (Å²) in [6.07, 6.45) is -5.45. The number of nitrogens with zero attached hydrogens (tertiary/aromatic N) is 3. The highest BCUT2D eigenvalue weighted by Crippen LogP contribution is 2.30. The second kappa shape index (κ2) is 5.34. The first-order chi connectivity index (χ1) is 8.24. The standard InChI is InChI=1S/C8H3F3IN3O3/c9-8(10,11)18-7-4(1-2-13)3-5(15(16)17)6(12)14-7/h3H,1H2. The molecule has 10 heteroatoms. The van der Waals surface area contributed by atoms with E-state index in [4.69, 9.17) is 5.26 Å². The minimum absolute atomic E-state index is 0.251. The molecular formula is C8H3F3IN3O3. The molecule has 0 fully saturated rings. The molecule has 6 nitrogen and oxygen atoms in total. The van der Waals surface area contributed by atoms with Gasteiger partial charge in [-0.1, -0.05) is 0 Å². The minimum Gasteiger partial charge on any atom is -0.387 e. The molecule has 0 aromatic carbocycles. The number of pyridine rings is 1. The van der Waals surface area contributed by atoms with Crippen molar-refractivity contribution in [2.75, 3.05) is 0 Å². The highest BCUT2D eigenvalue weighted by molar-refractivity contribution is 14.1. The highest BCUT2D eigenvalue weighted by atomic mass is 127. The molecule has 0 saturated heterocycles. The van der Waals surface area contributed by atoms with Crippen molar-refractivity contribution in [1.29, 1.82) is 5.26 Å². The maximum atomic E-state index is 12.1. The van der Waals surface area contributed by atoms with Crippen LogP contribution >= 0.6 is 22.6 Å². The van der Waals surface area contributed by atoms with Gasteiger partial charge in [0.2, 0.25) is 5.88 Å². The molecule has 0 spiro atoms. The van der Waals surface area contributed by atoms with Gasteiger partial charge in [0, 0.05) is 11.6 Å². The summed E-state index contributed by atoms with van der Waals surface area (Å²) in [7, 11) is 0. The summed E-state index contributed by atoms with van der Waals surface area (Å²) in [6, 6.07) is 2.43. The van der Waals surface area contributed by atoms with Crippen LogP contribution in [0.1, 0.15) is 5.56 Å². The van der Waals surface area contributed by atoms with Crippen molar-refractivity contribution in [1.82, 2.24) is 4.98 Å². The maximum Gasteiger partial charge on any atom is 0.574 e. The number of ether oxygens (including phenoxy) is 1. The van der Waals surface area contributed by atoms with Crippen molar-refractivity contribution in [3.8, 4) is 11.9 Å². The Balaban J connectivity index is 3.29. The van der Waals surface area contributed by atoms with Crippen LogP contribution in [-0.4, -0.2) is 16.3 Å². The Hall–Kier alpha value is -1.64. The fourth-order valence-electron chi connectivity index (χ4n) is 1.04. The number of alkyl halides is 3. The Bertz CT molecular complexity index is 527. The van der Waals surface area contributed by atoms with E-state index in [0.29, 0.717) is 0 Å². The second-order valence-corrected chi connectivity index (χ2v) is 3.92. The lowest BCUT2D eigenvalue weighted by molar-refractivity contribution is -0.386. The molecule has 18 heavy (non-hydrogen) atoms. The van der Waals surface area contributed by atoms with Crippen LogP contribution in [0, 0.1) is 25.1 Å². The van der Waals surface area contributed by atoms with Crippen molar-refractivity contribution in [3.63, 3.8) is 0 Å². The normalized spacial score (nSPS) is 10.8. The van der Waals surface area contributed by atoms with Gasteiger partial charge in [-0.05, 0) is 22.6 Å². The third-order valence-electron chi connectivity index (χ3n) is 1.68. The number of nitro groups is 1. The first-order valence-electron chi connectivity index (χ1n) is 4.21. The molecule has 96 valence electrons. The summed E-state index contributed by atoms with van der Waals surface area (Å²) < 4.78 is 39.6. The molecular weight excluding hydrogens is 370 g/mol. The lowest BCUT2D eigenvalue weighted by Crippen LogP contribution is -2.19. The second-order valence-electron chi connectivity index (χ2n) is 2.90. The zero-order valence-corrected chi connectivity index (χ0v) is 10.5. The molecule has 0 radical (unpaired) electrons. The van der Waals surface area contributed by atoms with E-state index in [1.807, 2.05) is 0 Å². The van der Waals surface area contributed by atoms with Gasteiger partial charge in [0.25, 0.3) is 0 Å². The van der Waals surface area contributed by atoms with Gasteiger partial charge in [-0.2, -0.15) is 10.2 Å². The van der Waals surface area contributed by atoms with Crippen LogP contribution in [0.15, 0.2) is 6.07 Å². The zero-order chi connectivity index (χ0) is 13.9. The average Bonchev–Trinajstić information content (AvgIpc) is 2.19. The van der Waals surface area contributed by atoms with Crippen molar-refractivity contribution in [2.24, 2.45) is 0 Å². The predicted molar refractivity (Wildman–Crippen MR) is 59.6 cm³/mol. The maximum absolute atomic E-state index is 12.1. The molecule has 1 aromatic rings. The number of hydrogen-bond donors (Lipinski definition) is 0. The summed E-state index contributed by atoms with van der Waals surface area (Å²) >= 11 is 1.41. The average molecular weight is 373 g/mol. The minimum atomic E-state index is -4.98. The van der Waals surface area contributed by atoms with E-state index in [-0.39, 0.29) is 9.26 Å². The van der Waals surface area contributed by atoms with E-state index < -0.39 is 29.3 Å². The fraction of sp³-hybridized carbons (Fsp3) is 0.250. The first kappa shape index (κ1) is 14.4. The van der Waals surface area contributed by atoms with Crippen LogP contribution in [0.2, 0.25) is 0 Å². The van der Waals surface area contributed by atoms with Crippen molar-refractivity contribution < 1.29 is 22.8 Å². The van der Waals surface area contributed by atoms with Gasteiger partial charge in [-0.15, -0.1) is 13.2 Å². The van der Waals surface area contributed by atoms with Crippen LogP contribution in [0.3, 0.4) is 0 Å². The summed E-state index contributed by atoms with van der Waals surface area (Å²) in [6.45, 7) is 0. The molecule has 1 aromatic heterocycles. The third-order valence-corrected chi connectivity index (χ3v) is 2.47. The Morgan fingerprint density at radius 2 is 2.22 bits per heavy atom. The number of halogens is 4. The topological polar surface area (TPSA) is 89.0 Å². The molecule has 0 saturated carbocycles. The largest absolute Gasteiger partial charge is 0.574 e. The molecule has 0 N–H and O–H groups in total. The molecule has 0 aliphatic rings. The molecule has 0 aliphatic carbocycles. The zero-order valence-electron chi connectivity index (χ0n) is 8.36. The summed E-state index contributed by atoms with van der Waals surface area (Å²) in [5.41, 5.74) is -0.766. The van der Waals surface area contributed by atoms with Gasteiger partial charge in [0.15, 0.2) is 3.70 Å². The smallest absolute Gasteiger partial charge is 0.387 e. The van der Waals surface area contributed by atoms with Gasteiger partial charge in [-0.25, -0.2) is 0 Å². The van der Waals surface area contributed by atoms with E-state index >= 15 is 0 Å². The molecule has 0 bridgehead atoms. The van der Waals surface area contributed by atoms with Crippen LogP contribution in [-0.2, 0) is 6.42 Å².